The minimum absolute atomic E-state index is 0.00755. The molecule has 0 radical (unpaired) electrons. The van der Waals surface area contributed by atoms with Gasteiger partial charge in [-0.25, -0.2) is 9.37 Å². The summed E-state index contributed by atoms with van der Waals surface area (Å²) < 4.78 is 16.2. The van der Waals surface area contributed by atoms with E-state index in [0.717, 1.165) is 10.0 Å². The molecule has 0 aliphatic rings. The number of aryl methyl sites for hydroxylation is 1. The van der Waals surface area contributed by atoms with E-state index in [9.17, 15) is 4.39 Å². The molecule has 108 valence electrons. The third-order valence-electron chi connectivity index (χ3n) is 3.19. The lowest BCUT2D eigenvalue weighted by molar-refractivity contribution is 0.629. The first-order chi connectivity index (χ1) is 9.88. The zero-order valence-electron chi connectivity index (χ0n) is 10.8. The van der Waals surface area contributed by atoms with Gasteiger partial charge < -0.3 is 5.73 Å². The van der Waals surface area contributed by atoms with Crippen molar-refractivity contribution in [3.63, 3.8) is 0 Å². The van der Waals surface area contributed by atoms with Gasteiger partial charge in [-0.05, 0) is 46.6 Å². The van der Waals surface area contributed by atoms with Crippen LogP contribution in [0.1, 0.15) is 5.56 Å². The van der Waals surface area contributed by atoms with E-state index < -0.39 is 5.82 Å². The van der Waals surface area contributed by atoms with E-state index in [1.807, 2.05) is 13.0 Å². The predicted octanol–water partition coefficient (Wildman–Crippen LogP) is 5.12. The molecule has 3 nitrogen and oxygen atoms in total. The van der Waals surface area contributed by atoms with Crippen LogP contribution in [0.3, 0.4) is 0 Å². The summed E-state index contributed by atoms with van der Waals surface area (Å²) in [6, 6.07) is 6.38. The van der Waals surface area contributed by atoms with Gasteiger partial charge in [0.05, 0.1) is 21.7 Å². The fourth-order valence-electron chi connectivity index (χ4n) is 2.15. The zero-order chi connectivity index (χ0) is 15.3. The van der Waals surface area contributed by atoms with E-state index in [1.54, 1.807) is 10.6 Å². The molecule has 0 saturated carbocycles. The highest BCUT2D eigenvalue weighted by Crippen LogP contribution is 2.33. The molecule has 0 spiro atoms. The second-order valence-electron chi connectivity index (χ2n) is 4.61. The molecule has 0 bridgehead atoms. The number of anilines is 1. The van der Waals surface area contributed by atoms with Gasteiger partial charge in [0.15, 0.2) is 0 Å². The molecule has 0 aliphatic heterocycles. The molecule has 3 rings (SSSR count). The monoisotopic (exact) mass is 387 g/mol. The highest BCUT2D eigenvalue weighted by atomic mass is 79.9. The predicted molar refractivity (Wildman–Crippen MR) is 87.9 cm³/mol. The van der Waals surface area contributed by atoms with E-state index in [1.165, 1.54) is 12.1 Å². The van der Waals surface area contributed by atoms with Gasteiger partial charge in [0.25, 0.3) is 0 Å². The number of aromatic nitrogens is 2. The van der Waals surface area contributed by atoms with Crippen molar-refractivity contribution < 1.29 is 4.39 Å². The van der Waals surface area contributed by atoms with Gasteiger partial charge >= 0.3 is 0 Å². The van der Waals surface area contributed by atoms with Gasteiger partial charge in [-0.1, -0.05) is 23.2 Å². The van der Waals surface area contributed by atoms with Crippen molar-refractivity contribution >= 4 is 56.1 Å². The van der Waals surface area contributed by atoms with Gasteiger partial charge in [0.1, 0.15) is 5.82 Å². The second kappa shape index (κ2) is 5.16. The van der Waals surface area contributed by atoms with Crippen molar-refractivity contribution in [3.05, 3.63) is 50.2 Å². The summed E-state index contributed by atoms with van der Waals surface area (Å²) in [4.78, 5) is 4.21. The van der Waals surface area contributed by atoms with Gasteiger partial charge in [0, 0.05) is 15.6 Å². The maximum atomic E-state index is 13.7. The minimum Gasteiger partial charge on any atom is -0.369 e. The molecule has 2 aromatic carbocycles. The lowest BCUT2D eigenvalue weighted by Crippen LogP contribution is -2.02. The Balaban J connectivity index is 2.37. The number of halogens is 4. The maximum Gasteiger partial charge on any atom is 0.205 e. The van der Waals surface area contributed by atoms with Crippen molar-refractivity contribution in [2.45, 2.75) is 6.92 Å². The number of imidazole rings is 1. The number of hydrogen-bond acceptors (Lipinski definition) is 2. The topological polar surface area (TPSA) is 43.8 Å². The Kier molecular flexibility index (Phi) is 3.59. The molecule has 1 aromatic heterocycles. The highest BCUT2D eigenvalue weighted by molar-refractivity contribution is 9.10. The van der Waals surface area contributed by atoms with Crippen LogP contribution >= 0.6 is 39.1 Å². The highest BCUT2D eigenvalue weighted by Gasteiger charge is 2.16. The Labute approximate surface area is 138 Å². The van der Waals surface area contributed by atoms with Crippen molar-refractivity contribution in [3.8, 4) is 5.69 Å². The van der Waals surface area contributed by atoms with Crippen molar-refractivity contribution in [2.75, 3.05) is 5.73 Å². The van der Waals surface area contributed by atoms with Crippen molar-refractivity contribution in [1.29, 1.82) is 0 Å². The van der Waals surface area contributed by atoms with Gasteiger partial charge in [-0.3, -0.25) is 4.57 Å². The number of hydrogen-bond donors (Lipinski definition) is 1. The molecule has 0 atom stereocenters. The van der Waals surface area contributed by atoms with Crippen LogP contribution in [-0.2, 0) is 0 Å². The van der Waals surface area contributed by atoms with E-state index in [4.69, 9.17) is 28.9 Å². The van der Waals surface area contributed by atoms with Crippen LogP contribution in [0.25, 0.3) is 16.7 Å². The number of nitrogens with zero attached hydrogens (tertiary/aromatic N) is 2. The molecule has 0 saturated heterocycles. The zero-order valence-corrected chi connectivity index (χ0v) is 13.9. The Morgan fingerprint density at radius 3 is 2.62 bits per heavy atom. The normalized spacial score (nSPS) is 11.3. The summed E-state index contributed by atoms with van der Waals surface area (Å²) in [7, 11) is 0. The number of benzene rings is 2. The van der Waals surface area contributed by atoms with Gasteiger partial charge in [0.2, 0.25) is 5.95 Å². The molecule has 7 heteroatoms. The summed E-state index contributed by atoms with van der Waals surface area (Å²) in [6.07, 6.45) is 0. The van der Waals surface area contributed by atoms with Crippen molar-refractivity contribution in [2.24, 2.45) is 0 Å². The maximum absolute atomic E-state index is 13.7. The fraction of sp³-hybridized carbons (Fsp3) is 0.0714. The minimum atomic E-state index is -0.528. The summed E-state index contributed by atoms with van der Waals surface area (Å²) in [5.41, 5.74) is 8.61. The Bertz CT molecular complexity index is 877. The van der Waals surface area contributed by atoms with Gasteiger partial charge in [-0.2, -0.15) is 0 Å². The first-order valence-corrected chi connectivity index (χ1v) is 7.52. The smallest absolute Gasteiger partial charge is 0.205 e. The summed E-state index contributed by atoms with van der Waals surface area (Å²) in [6.45, 7) is 1.89. The van der Waals surface area contributed by atoms with E-state index in [0.29, 0.717) is 21.7 Å². The van der Waals surface area contributed by atoms with Gasteiger partial charge in [-0.15, -0.1) is 0 Å². The molecule has 0 fully saturated rings. The summed E-state index contributed by atoms with van der Waals surface area (Å²) in [5, 5.41) is 0.594. The second-order valence-corrected chi connectivity index (χ2v) is 6.28. The SMILES string of the molecule is Cc1cc(Br)c(-n2c(N)nc3cc(Cl)c(F)cc32)cc1Cl. The molecule has 1 heterocycles. The number of nitrogens with two attached hydrogens (primary N) is 1. The summed E-state index contributed by atoms with van der Waals surface area (Å²) >= 11 is 15.4. The molecule has 3 aromatic rings. The lowest BCUT2D eigenvalue weighted by Gasteiger charge is -2.11. The number of rotatable bonds is 1. The van der Waals surface area contributed by atoms with Crippen molar-refractivity contribution in [1.82, 2.24) is 9.55 Å². The van der Waals surface area contributed by atoms with Crippen LogP contribution in [0.15, 0.2) is 28.7 Å². The molecule has 21 heavy (non-hydrogen) atoms. The Hall–Kier alpha value is -1.30. The van der Waals surface area contributed by atoms with Crippen LogP contribution in [0.4, 0.5) is 10.3 Å². The number of fused-ring (bicyclic) bond motifs is 1. The Morgan fingerprint density at radius 2 is 1.90 bits per heavy atom. The van der Waals surface area contributed by atoms with Crippen LogP contribution in [-0.4, -0.2) is 9.55 Å². The van der Waals surface area contributed by atoms with Crippen LogP contribution in [0.5, 0.6) is 0 Å². The first-order valence-electron chi connectivity index (χ1n) is 5.97. The largest absolute Gasteiger partial charge is 0.369 e. The lowest BCUT2D eigenvalue weighted by atomic mass is 10.2. The third-order valence-corrected chi connectivity index (χ3v) is 4.52. The van der Waals surface area contributed by atoms with E-state index in [-0.39, 0.29) is 11.0 Å². The standard InChI is InChI=1S/C14H9BrCl2FN3/c1-6-2-7(15)12(4-8(6)16)21-13-5-10(18)9(17)3-11(13)20-14(21)19/h2-5H,1H3,(H2,19,20). The Morgan fingerprint density at radius 1 is 1.19 bits per heavy atom. The number of nitrogen functional groups attached to an aromatic ring is 1. The molecule has 0 amide bonds. The fourth-order valence-corrected chi connectivity index (χ4v) is 3.10. The first kappa shape index (κ1) is 14.6. The molecule has 2 N–H and O–H groups in total. The average Bonchev–Trinajstić information content (AvgIpc) is 2.70. The van der Waals surface area contributed by atoms with Crippen LogP contribution in [0, 0.1) is 12.7 Å². The molecular weight excluding hydrogens is 380 g/mol. The van der Waals surface area contributed by atoms with E-state index in [2.05, 4.69) is 20.9 Å². The molecule has 0 unspecified atom stereocenters. The quantitative estimate of drug-likeness (QED) is 0.628. The molecular formula is C14H9BrCl2FN3. The third kappa shape index (κ3) is 2.39. The average molecular weight is 389 g/mol. The summed E-state index contributed by atoms with van der Waals surface area (Å²) in [5.74, 6) is -0.299. The van der Waals surface area contributed by atoms with Crippen LogP contribution < -0.4 is 5.73 Å². The van der Waals surface area contributed by atoms with Crippen LogP contribution in [0.2, 0.25) is 10.0 Å². The molecule has 0 aliphatic carbocycles. The van der Waals surface area contributed by atoms with E-state index >= 15 is 0 Å².